The first-order valence-corrected chi connectivity index (χ1v) is 7.78. The summed E-state index contributed by atoms with van der Waals surface area (Å²) in [6.07, 6.45) is 1.45. The molecule has 5 nitrogen and oxygen atoms in total. The highest BCUT2D eigenvalue weighted by molar-refractivity contribution is 5.76. The summed E-state index contributed by atoms with van der Waals surface area (Å²) in [5.74, 6) is 1.78. The van der Waals surface area contributed by atoms with E-state index in [-0.39, 0.29) is 18.1 Å². The minimum atomic E-state index is 0.114. The van der Waals surface area contributed by atoms with Crippen LogP contribution in [0.25, 0.3) is 0 Å². The molecule has 1 heterocycles. The molecule has 2 rings (SSSR count). The van der Waals surface area contributed by atoms with Crippen LogP contribution in [0.2, 0.25) is 0 Å². The lowest BCUT2D eigenvalue weighted by molar-refractivity contribution is -0.143. The second-order valence-corrected chi connectivity index (χ2v) is 5.68. The molecule has 0 radical (unpaired) electrons. The second kappa shape index (κ2) is 8.03. The van der Waals surface area contributed by atoms with Crippen LogP contribution in [0.15, 0.2) is 24.3 Å². The maximum Gasteiger partial charge on any atom is 0.222 e. The molecule has 1 aromatic rings. The summed E-state index contributed by atoms with van der Waals surface area (Å²) in [6.45, 7) is 5.91. The van der Waals surface area contributed by atoms with E-state index in [2.05, 4.69) is 0 Å². The second-order valence-electron chi connectivity index (χ2n) is 5.68. The van der Waals surface area contributed by atoms with Crippen LogP contribution < -0.4 is 9.47 Å². The Morgan fingerprint density at radius 3 is 2.36 bits per heavy atom. The Morgan fingerprint density at radius 2 is 1.77 bits per heavy atom. The lowest BCUT2D eigenvalue weighted by Gasteiger charge is -2.35. The summed E-state index contributed by atoms with van der Waals surface area (Å²) < 4.78 is 16.4. The highest BCUT2D eigenvalue weighted by Crippen LogP contribution is 2.17. The number of hydrogen-bond donors (Lipinski definition) is 0. The van der Waals surface area contributed by atoms with Gasteiger partial charge in [-0.2, -0.15) is 0 Å². The first kappa shape index (κ1) is 16.6. The van der Waals surface area contributed by atoms with Crippen molar-refractivity contribution in [2.24, 2.45) is 0 Å². The van der Waals surface area contributed by atoms with E-state index < -0.39 is 0 Å². The van der Waals surface area contributed by atoms with Gasteiger partial charge in [0.05, 0.1) is 25.9 Å². The molecule has 1 saturated heterocycles. The molecule has 22 heavy (non-hydrogen) atoms. The highest BCUT2D eigenvalue weighted by Gasteiger charge is 2.25. The van der Waals surface area contributed by atoms with Gasteiger partial charge in [-0.25, -0.2) is 0 Å². The SMILES string of the molecule is COc1ccc(OCCCC(=O)N2CC(C)OC(C)C2)cc1. The smallest absolute Gasteiger partial charge is 0.222 e. The van der Waals surface area contributed by atoms with E-state index in [0.717, 1.165) is 11.5 Å². The molecule has 0 saturated carbocycles. The minimum Gasteiger partial charge on any atom is -0.497 e. The van der Waals surface area contributed by atoms with E-state index in [1.807, 2.05) is 43.0 Å². The highest BCUT2D eigenvalue weighted by atomic mass is 16.5. The van der Waals surface area contributed by atoms with Gasteiger partial charge in [0.15, 0.2) is 0 Å². The van der Waals surface area contributed by atoms with Crippen molar-refractivity contribution in [1.82, 2.24) is 4.90 Å². The van der Waals surface area contributed by atoms with E-state index in [9.17, 15) is 4.79 Å². The van der Waals surface area contributed by atoms with Crippen LogP contribution in [0.5, 0.6) is 11.5 Å². The zero-order valence-electron chi connectivity index (χ0n) is 13.6. The maximum absolute atomic E-state index is 12.2. The molecule has 0 aromatic heterocycles. The van der Waals surface area contributed by atoms with Gasteiger partial charge in [0.1, 0.15) is 11.5 Å². The van der Waals surface area contributed by atoms with E-state index in [0.29, 0.717) is 32.5 Å². The van der Waals surface area contributed by atoms with Gasteiger partial charge in [0.2, 0.25) is 5.91 Å². The van der Waals surface area contributed by atoms with Crippen molar-refractivity contribution in [3.8, 4) is 11.5 Å². The number of benzene rings is 1. The molecule has 0 N–H and O–H groups in total. The summed E-state index contributed by atoms with van der Waals surface area (Å²) in [4.78, 5) is 14.1. The van der Waals surface area contributed by atoms with Crippen LogP contribution in [-0.2, 0) is 9.53 Å². The van der Waals surface area contributed by atoms with Crippen LogP contribution in [0.1, 0.15) is 26.7 Å². The van der Waals surface area contributed by atoms with Crippen molar-refractivity contribution < 1.29 is 19.0 Å². The number of morpholine rings is 1. The summed E-state index contributed by atoms with van der Waals surface area (Å²) >= 11 is 0. The lowest BCUT2D eigenvalue weighted by atomic mass is 10.2. The summed E-state index contributed by atoms with van der Waals surface area (Å²) in [6, 6.07) is 7.45. The number of hydrogen-bond acceptors (Lipinski definition) is 4. The van der Waals surface area contributed by atoms with Crippen molar-refractivity contribution in [3.05, 3.63) is 24.3 Å². The summed E-state index contributed by atoms with van der Waals surface area (Å²) in [7, 11) is 1.63. The third-order valence-electron chi connectivity index (χ3n) is 3.64. The fourth-order valence-electron chi connectivity index (χ4n) is 2.63. The number of nitrogens with zero attached hydrogens (tertiary/aromatic N) is 1. The molecular formula is C17H25NO4. The fourth-order valence-corrected chi connectivity index (χ4v) is 2.63. The number of rotatable bonds is 6. The van der Waals surface area contributed by atoms with E-state index >= 15 is 0 Å². The van der Waals surface area contributed by atoms with Gasteiger partial charge in [0, 0.05) is 19.5 Å². The Bertz CT molecular complexity index is 464. The van der Waals surface area contributed by atoms with Crippen LogP contribution in [0.4, 0.5) is 0 Å². The Kier molecular flexibility index (Phi) is 6.07. The zero-order chi connectivity index (χ0) is 15.9. The van der Waals surface area contributed by atoms with Gasteiger partial charge in [0.25, 0.3) is 0 Å². The number of carbonyl (C=O) groups is 1. The van der Waals surface area contributed by atoms with Gasteiger partial charge in [-0.3, -0.25) is 4.79 Å². The van der Waals surface area contributed by atoms with Crippen LogP contribution in [0, 0.1) is 0 Å². The molecule has 122 valence electrons. The van der Waals surface area contributed by atoms with Crippen LogP contribution >= 0.6 is 0 Å². The Hall–Kier alpha value is -1.75. The average Bonchev–Trinajstić information content (AvgIpc) is 2.51. The van der Waals surface area contributed by atoms with Gasteiger partial charge in [-0.15, -0.1) is 0 Å². The Balaban J connectivity index is 1.68. The molecule has 2 atom stereocenters. The maximum atomic E-state index is 12.2. The quantitative estimate of drug-likeness (QED) is 0.758. The van der Waals surface area contributed by atoms with Gasteiger partial charge < -0.3 is 19.1 Å². The third-order valence-corrected chi connectivity index (χ3v) is 3.64. The normalized spacial score (nSPS) is 21.5. The first-order valence-electron chi connectivity index (χ1n) is 7.78. The molecule has 1 aliphatic rings. The lowest BCUT2D eigenvalue weighted by Crippen LogP contribution is -2.48. The summed E-state index contributed by atoms with van der Waals surface area (Å²) in [5, 5.41) is 0. The molecule has 1 aliphatic heterocycles. The Labute approximate surface area is 132 Å². The van der Waals surface area contributed by atoms with E-state index in [4.69, 9.17) is 14.2 Å². The molecule has 1 amide bonds. The molecule has 1 fully saturated rings. The van der Waals surface area contributed by atoms with E-state index in [1.165, 1.54) is 0 Å². The molecule has 0 spiro atoms. The van der Waals surface area contributed by atoms with Crippen LogP contribution in [0.3, 0.4) is 0 Å². The number of methoxy groups -OCH3 is 1. The summed E-state index contributed by atoms with van der Waals surface area (Å²) in [5.41, 5.74) is 0. The molecule has 1 aromatic carbocycles. The topological polar surface area (TPSA) is 48.0 Å². The monoisotopic (exact) mass is 307 g/mol. The predicted octanol–water partition coefficient (Wildman–Crippen LogP) is 2.49. The van der Waals surface area contributed by atoms with Gasteiger partial charge in [-0.1, -0.05) is 0 Å². The molecule has 0 bridgehead atoms. The minimum absolute atomic E-state index is 0.114. The third kappa shape index (κ3) is 4.91. The van der Waals surface area contributed by atoms with Crippen molar-refractivity contribution in [1.29, 1.82) is 0 Å². The fraction of sp³-hybridized carbons (Fsp3) is 0.588. The molecular weight excluding hydrogens is 282 g/mol. The predicted molar refractivity (Wildman–Crippen MR) is 84.3 cm³/mol. The van der Waals surface area contributed by atoms with Gasteiger partial charge in [-0.05, 0) is 44.5 Å². The largest absolute Gasteiger partial charge is 0.497 e. The first-order chi connectivity index (χ1) is 10.6. The van der Waals surface area contributed by atoms with Crippen molar-refractivity contribution in [3.63, 3.8) is 0 Å². The van der Waals surface area contributed by atoms with Gasteiger partial charge >= 0.3 is 0 Å². The standard InChI is InChI=1S/C17H25NO4/c1-13-11-18(12-14(2)22-13)17(19)5-4-10-21-16-8-6-15(20-3)7-9-16/h6-9,13-14H,4-5,10-12H2,1-3H3. The molecule has 0 aliphatic carbocycles. The van der Waals surface area contributed by atoms with Crippen molar-refractivity contribution in [2.75, 3.05) is 26.8 Å². The Morgan fingerprint density at radius 1 is 1.18 bits per heavy atom. The van der Waals surface area contributed by atoms with Crippen LogP contribution in [-0.4, -0.2) is 49.8 Å². The number of carbonyl (C=O) groups excluding carboxylic acids is 1. The number of ether oxygens (including phenoxy) is 3. The number of amides is 1. The molecule has 5 heteroatoms. The molecule has 2 unspecified atom stereocenters. The average molecular weight is 307 g/mol. The van der Waals surface area contributed by atoms with Crippen molar-refractivity contribution in [2.45, 2.75) is 38.9 Å². The van der Waals surface area contributed by atoms with Crippen molar-refractivity contribution >= 4 is 5.91 Å². The van der Waals surface area contributed by atoms with E-state index in [1.54, 1.807) is 7.11 Å². The zero-order valence-corrected chi connectivity index (χ0v) is 13.6.